The summed E-state index contributed by atoms with van der Waals surface area (Å²) in [4.78, 5) is 12.4. The predicted molar refractivity (Wildman–Crippen MR) is 72.1 cm³/mol. The van der Waals surface area contributed by atoms with Crippen LogP contribution in [0.5, 0.6) is 5.75 Å². The van der Waals surface area contributed by atoms with Crippen LogP contribution in [-0.2, 0) is 0 Å². The predicted octanol–water partition coefficient (Wildman–Crippen LogP) is 3.19. The molecule has 2 aromatic carbocycles. The van der Waals surface area contributed by atoms with E-state index in [-0.39, 0.29) is 5.78 Å². The van der Waals surface area contributed by atoms with E-state index in [4.69, 9.17) is 4.74 Å². The third-order valence-corrected chi connectivity index (χ3v) is 2.88. The van der Waals surface area contributed by atoms with E-state index in [1.807, 2.05) is 18.2 Å². The molecule has 0 aromatic heterocycles. The Kier molecular flexibility index (Phi) is 3.94. The molecule has 0 saturated carbocycles. The number of hydrogen-bond donors (Lipinski definition) is 0. The van der Waals surface area contributed by atoms with Crippen LogP contribution in [0.2, 0.25) is 0 Å². The highest BCUT2D eigenvalue weighted by molar-refractivity contribution is 6.03. The molecule has 0 aliphatic rings. The number of nitrogens with zero attached hydrogens (tertiary/aromatic N) is 1. The molecule has 3 heteroatoms. The van der Waals surface area contributed by atoms with E-state index < -0.39 is 5.92 Å². The minimum absolute atomic E-state index is 0.215. The summed E-state index contributed by atoms with van der Waals surface area (Å²) in [6.45, 7) is 0. The zero-order valence-corrected chi connectivity index (χ0v) is 10.5. The second kappa shape index (κ2) is 5.83. The van der Waals surface area contributed by atoms with Gasteiger partial charge in [0, 0.05) is 5.56 Å². The van der Waals surface area contributed by atoms with Crippen molar-refractivity contribution in [1.82, 2.24) is 0 Å². The zero-order valence-electron chi connectivity index (χ0n) is 10.5. The minimum Gasteiger partial charge on any atom is -0.497 e. The zero-order chi connectivity index (χ0) is 13.7. The number of nitriles is 1. The smallest absolute Gasteiger partial charge is 0.184 e. The van der Waals surface area contributed by atoms with Crippen LogP contribution < -0.4 is 4.74 Å². The molecule has 2 rings (SSSR count). The summed E-state index contributed by atoms with van der Waals surface area (Å²) in [5.74, 6) is -0.392. The van der Waals surface area contributed by atoms with Gasteiger partial charge in [-0.3, -0.25) is 4.79 Å². The van der Waals surface area contributed by atoms with E-state index in [1.165, 1.54) is 0 Å². The Morgan fingerprint density at radius 3 is 2.53 bits per heavy atom. The normalized spacial score (nSPS) is 11.4. The average Bonchev–Trinajstić information content (AvgIpc) is 2.49. The maximum atomic E-state index is 12.4. The van der Waals surface area contributed by atoms with Crippen molar-refractivity contribution in [2.75, 3.05) is 7.11 Å². The van der Waals surface area contributed by atoms with Crippen molar-refractivity contribution in [2.24, 2.45) is 0 Å². The van der Waals surface area contributed by atoms with Crippen molar-refractivity contribution in [2.45, 2.75) is 5.92 Å². The molecule has 1 atom stereocenters. The van der Waals surface area contributed by atoms with Crippen molar-refractivity contribution in [3.8, 4) is 11.8 Å². The van der Waals surface area contributed by atoms with Crippen LogP contribution >= 0.6 is 0 Å². The molecule has 0 saturated heterocycles. The summed E-state index contributed by atoms with van der Waals surface area (Å²) < 4.78 is 5.09. The Morgan fingerprint density at radius 1 is 1.16 bits per heavy atom. The van der Waals surface area contributed by atoms with E-state index in [9.17, 15) is 10.1 Å². The molecule has 3 nitrogen and oxygen atoms in total. The summed E-state index contributed by atoms with van der Waals surface area (Å²) >= 11 is 0. The number of hydrogen-bond acceptors (Lipinski definition) is 3. The van der Waals surface area contributed by atoms with Crippen LogP contribution in [0.3, 0.4) is 0 Å². The van der Waals surface area contributed by atoms with Gasteiger partial charge in [-0.1, -0.05) is 42.5 Å². The van der Waals surface area contributed by atoms with Crippen LogP contribution in [-0.4, -0.2) is 12.9 Å². The number of methoxy groups -OCH3 is 1. The Hall–Kier alpha value is -2.60. The Bertz CT molecular complexity index is 614. The number of ketones is 1. The third kappa shape index (κ3) is 2.80. The fourth-order valence-electron chi connectivity index (χ4n) is 1.87. The van der Waals surface area contributed by atoms with Gasteiger partial charge in [-0.25, -0.2) is 0 Å². The molecule has 0 aliphatic heterocycles. The monoisotopic (exact) mass is 251 g/mol. The van der Waals surface area contributed by atoms with Crippen molar-refractivity contribution >= 4 is 5.78 Å². The van der Waals surface area contributed by atoms with E-state index in [0.29, 0.717) is 16.9 Å². The van der Waals surface area contributed by atoms with Gasteiger partial charge in [-0.2, -0.15) is 5.26 Å². The van der Waals surface area contributed by atoms with E-state index in [1.54, 1.807) is 43.5 Å². The molecule has 19 heavy (non-hydrogen) atoms. The van der Waals surface area contributed by atoms with E-state index >= 15 is 0 Å². The lowest BCUT2D eigenvalue weighted by atomic mass is 9.92. The summed E-state index contributed by atoms with van der Waals surface area (Å²) in [6, 6.07) is 18.0. The maximum Gasteiger partial charge on any atom is 0.184 e. The van der Waals surface area contributed by atoms with Gasteiger partial charge in [-0.05, 0) is 17.7 Å². The van der Waals surface area contributed by atoms with Crippen molar-refractivity contribution in [1.29, 1.82) is 5.26 Å². The first-order valence-electron chi connectivity index (χ1n) is 5.89. The van der Waals surface area contributed by atoms with Crippen LogP contribution in [0.25, 0.3) is 0 Å². The van der Waals surface area contributed by atoms with E-state index in [0.717, 1.165) is 0 Å². The fraction of sp³-hybridized carbons (Fsp3) is 0.125. The summed E-state index contributed by atoms with van der Waals surface area (Å²) in [5.41, 5.74) is 1.19. The number of Topliss-reactive ketones (excluding diaryl/α,β-unsaturated/α-hetero) is 1. The first kappa shape index (κ1) is 12.8. The summed E-state index contributed by atoms with van der Waals surface area (Å²) in [7, 11) is 1.54. The molecule has 0 aliphatic carbocycles. The fourth-order valence-corrected chi connectivity index (χ4v) is 1.87. The molecular formula is C16H13NO2. The third-order valence-electron chi connectivity index (χ3n) is 2.88. The number of benzene rings is 2. The lowest BCUT2D eigenvalue weighted by Gasteiger charge is -2.09. The summed E-state index contributed by atoms with van der Waals surface area (Å²) in [5, 5.41) is 9.24. The molecular weight excluding hydrogens is 238 g/mol. The number of rotatable bonds is 4. The molecule has 0 bridgehead atoms. The van der Waals surface area contributed by atoms with Gasteiger partial charge >= 0.3 is 0 Å². The average molecular weight is 251 g/mol. The van der Waals surface area contributed by atoms with Gasteiger partial charge in [0.05, 0.1) is 13.2 Å². The standard InChI is InChI=1S/C16H13NO2/c1-19-14-9-5-8-13(10-14)16(18)15(11-17)12-6-3-2-4-7-12/h2-10,15H,1H3. The Morgan fingerprint density at radius 2 is 1.89 bits per heavy atom. The number of ether oxygens (including phenoxy) is 1. The summed E-state index contributed by atoms with van der Waals surface area (Å²) in [6.07, 6.45) is 0. The van der Waals surface area contributed by atoms with Gasteiger partial charge in [0.15, 0.2) is 5.78 Å². The lowest BCUT2D eigenvalue weighted by molar-refractivity contribution is 0.0978. The van der Waals surface area contributed by atoms with Gasteiger partial charge in [0.2, 0.25) is 0 Å². The molecule has 94 valence electrons. The molecule has 0 amide bonds. The van der Waals surface area contributed by atoms with Crippen molar-refractivity contribution < 1.29 is 9.53 Å². The van der Waals surface area contributed by atoms with Crippen molar-refractivity contribution in [3.05, 3.63) is 65.7 Å². The highest BCUT2D eigenvalue weighted by Gasteiger charge is 2.21. The SMILES string of the molecule is COc1cccc(C(=O)C(C#N)c2ccccc2)c1. The first-order valence-corrected chi connectivity index (χ1v) is 5.89. The molecule has 0 radical (unpaired) electrons. The second-order valence-electron chi connectivity index (χ2n) is 4.07. The molecule has 0 N–H and O–H groups in total. The van der Waals surface area contributed by atoms with Crippen LogP contribution in [0, 0.1) is 11.3 Å². The maximum absolute atomic E-state index is 12.4. The highest BCUT2D eigenvalue weighted by Crippen LogP contribution is 2.22. The van der Waals surface area contributed by atoms with Gasteiger partial charge < -0.3 is 4.74 Å². The number of carbonyl (C=O) groups is 1. The highest BCUT2D eigenvalue weighted by atomic mass is 16.5. The van der Waals surface area contributed by atoms with Gasteiger partial charge in [0.1, 0.15) is 11.7 Å². The molecule has 0 fully saturated rings. The minimum atomic E-state index is -0.784. The van der Waals surface area contributed by atoms with Gasteiger partial charge in [0.25, 0.3) is 0 Å². The Labute approximate surface area is 112 Å². The van der Waals surface area contributed by atoms with Crippen LogP contribution in [0.4, 0.5) is 0 Å². The van der Waals surface area contributed by atoms with Gasteiger partial charge in [-0.15, -0.1) is 0 Å². The molecule has 1 unspecified atom stereocenters. The lowest BCUT2D eigenvalue weighted by Crippen LogP contribution is -2.11. The number of carbonyl (C=O) groups excluding carboxylic acids is 1. The van der Waals surface area contributed by atoms with Crippen molar-refractivity contribution in [3.63, 3.8) is 0 Å². The molecule has 0 spiro atoms. The Balaban J connectivity index is 2.34. The molecule has 2 aromatic rings. The van der Waals surface area contributed by atoms with E-state index in [2.05, 4.69) is 6.07 Å². The quantitative estimate of drug-likeness (QED) is 0.784. The molecule has 0 heterocycles. The second-order valence-corrected chi connectivity index (χ2v) is 4.07. The van der Waals surface area contributed by atoms with Crippen LogP contribution in [0.15, 0.2) is 54.6 Å². The van der Waals surface area contributed by atoms with Crippen LogP contribution in [0.1, 0.15) is 21.8 Å². The topological polar surface area (TPSA) is 50.1 Å². The largest absolute Gasteiger partial charge is 0.497 e. The first-order chi connectivity index (χ1) is 9.26.